The quantitative estimate of drug-likeness (QED) is 0.616. The van der Waals surface area contributed by atoms with Crippen LogP contribution >= 0.6 is 0 Å². The van der Waals surface area contributed by atoms with Crippen molar-refractivity contribution in [3.05, 3.63) is 30.3 Å². The molecule has 2 amide bonds. The fraction of sp³-hybridized carbons (Fsp3) is 0.529. The monoisotopic (exact) mass is 317 g/mol. The van der Waals surface area contributed by atoms with E-state index in [9.17, 15) is 9.59 Å². The van der Waals surface area contributed by atoms with Gasteiger partial charge in [0.2, 0.25) is 5.91 Å². The molecule has 2 aliphatic heterocycles. The third kappa shape index (κ3) is 3.96. The number of anilines is 1. The Morgan fingerprint density at radius 2 is 1.87 bits per heavy atom. The molecule has 0 radical (unpaired) electrons. The molecule has 1 N–H and O–H groups in total. The zero-order valence-corrected chi connectivity index (χ0v) is 13.2. The second-order valence-corrected chi connectivity index (χ2v) is 5.92. The van der Waals surface area contributed by atoms with E-state index in [1.165, 1.54) is 4.90 Å². The molecule has 23 heavy (non-hydrogen) atoms. The molecule has 1 atom stereocenters. The molecule has 0 aromatic heterocycles. The summed E-state index contributed by atoms with van der Waals surface area (Å²) in [5.41, 5.74) is 0.653. The van der Waals surface area contributed by atoms with E-state index in [0.29, 0.717) is 5.69 Å². The minimum atomic E-state index is -0.396. The highest BCUT2D eigenvalue weighted by atomic mass is 16.5. The van der Waals surface area contributed by atoms with Gasteiger partial charge in [0.05, 0.1) is 31.4 Å². The predicted molar refractivity (Wildman–Crippen MR) is 87.2 cm³/mol. The summed E-state index contributed by atoms with van der Waals surface area (Å²) >= 11 is 0. The van der Waals surface area contributed by atoms with E-state index in [0.717, 1.165) is 45.8 Å². The number of imide groups is 1. The number of rotatable bonds is 6. The first-order valence-electron chi connectivity index (χ1n) is 8.21. The Labute approximate surface area is 136 Å². The number of nitrogens with one attached hydrogen (secondary N) is 1. The van der Waals surface area contributed by atoms with Crippen molar-refractivity contribution in [3.63, 3.8) is 0 Å². The molecule has 0 unspecified atom stereocenters. The lowest BCUT2D eigenvalue weighted by molar-refractivity contribution is -0.121. The highest BCUT2D eigenvalue weighted by Crippen LogP contribution is 2.22. The molecular formula is C17H23N3O3. The summed E-state index contributed by atoms with van der Waals surface area (Å²) in [6, 6.07) is 8.72. The van der Waals surface area contributed by atoms with Gasteiger partial charge < -0.3 is 10.1 Å². The number of carbonyl (C=O) groups is 2. The molecular weight excluding hydrogens is 294 g/mol. The molecule has 1 aromatic rings. The third-order valence-corrected chi connectivity index (χ3v) is 4.31. The number of morpholine rings is 1. The number of carbonyl (C=O) groups excluding carboxylic acids is 2. The smallest absolute Gasteiger partial charge is 0.251 e. The Balaban J connectivity index is 1.46. The lowest BCUT2D eigenvalue weighted by Gasteiger charge is -2.26. The van der Waals surface area contributed by atoms with Crippen LogP contribution in [0, 0.1) is 0 Å². The standard InChI is InChI=1S/C17H23N3O3/c21-16-13-15(17(22)20(16)14-5-2-1-3-6-14)18-7-4-8-19-9-11-23-12-10-19/h1-3,5-6,15,18H,4,7-13H2/t15-/m1/s1. The molecule has 124 valence electrons. The largest absolute Gasteiger partial charge is 0.379 e. The van der Waals surface area contributed by atoms with E-state index in [2.05, 4.69) is 10.2 Å². The van der Waals surface area contributed by atoms with Crippen LogP contribution < -0.4 is 10.2 Å². The zero-order chi connectivity index (χ0) is 16.1. The molecule has 0 aliphatic carbocycles. The summed E-state index contributed by atoms with van der Waals surface area (Å²) in [7, 11) is 0. The van der Waals surface area contributed by atoms with Crippen LogP contribution in [0.1, 0.15) is 12.8 Å². The highest BCUT2D eigenvalue weighted by molar-refractivity contribution is 6.22. The third-order valence-electron chi connectivity index (χ3n) is 4.31. The van der Waals surface area contributed by atoms with Gasteiger partial charge in [-0.05, 0) is 31.6 Å². The van der Waals surface area contributed by atoms with E-state index in [4.69, 9.17) is 4.74 Å². The molecule has 0 saturated carbocycles. The Morgan fingerprint density at radius 1 is 1.13 bits per heavy atom. The van der Waals surface area contributed by atoms with Crippen LogP contribution in [-0.4, -0.2) is 62.1 Å². The molecule has 0 bridgehead atoms. The first-order chi connectivity index (χ1) is 11.3. The fourth-order valence-corrected chi connectivity index (χ4v) is 3.04. The number of hydrogen-bond donors (Lipinski definition) is 1. The Kier molecular flexibility index (Phi) is 5.38. The second-order valence-electron chi connectivity index (χ2n) is 5.92. The van der Waals surface area contributed by atoms with E-state index in [-0.39, 0.29) is 18.2 Å². The molecule has 2 saturated heterocycles. The van der Waals surface area contributed by atoms with Crippen LogP contribution in [0.5, 0.6) is 0 Å². The summed E-state index contributed by atoms with van der Waals surface area (Å²) in [5.74, 6) is -0.278. The maximum atomic E-state index is 12.4. The summed E-state index contributed by atoms with van der Waals surface area (Å²) in [4.78, 5) is 28.2. The SMILES string of the molecule is O=C1C[C@@H](NCCCN2CCOCC2)C(=O)N1c1ccccc1. The average molecular weight is 317 g/mol. The topological polar surface area (TPSA) is 61.9 Å². The molecule has 1 aromatic carbocycles. The van der Waals surface area contributed by atoms with Crippen LogP contribution in [0.3, 0.4) is 0 Å². The number of nitrogens with zero attached hydrogens (tertiary/aromatic N) is 2. The lowest BCUT2D eigenvalue weighted by atomic mass is 10.2. The van der Waals surface area contributed by atoms with Gasteiger partial charge in [-0.15, -0.1) is 0 Å². The Bertz CT molecular complexity index is 543. The number of benzene rings is 1. The summed E-state index contributed by atoms with van der Waals surface area (Å²) < 4.78 is 5.32. The van der Waals surface area contributed by atoms with Crippen molar-refractivity contribution in [3.8, 4) is 0 Å². The van der Waals surface area contributed by atoms with Gasteiger partial charge in [0.1, 0.15) is 0 Å². The van der Waals surface area contributed by atoms with Crippen LogP contribution in [0.2, 0.25) is 0 Å². The second kappa shape index (κ2) is 7.68. The van der Waals surface area contributed by atoms with Crippen LogP contribution in [0.25, 0.3) is 0 Å². The first kappa shape index (κ1) is 16.1. The van der Waals surface area contributed by atoms with E-state index < -0.39 is 6.04 Å². The van der Waals surface area contributed by atoms with Gasteiger partial charge in [0.15, 0.2) is 0 Å². The number of ether oxygens (including phenoxy) is 1. The van der Waals surface area contributed by atoms with Crippen molar-refractivity contribution < 1.29 is 14.3 Å². The number of amides is 2. The van der Waals surface area contributed by atoms with Crippen molar-refractivity contribution in [1.29, 1.82) is 0 Å². The fourth-order valence-electron chi connectivity index (χ4n) is 3.04. The molecule has 2 heterocycles. The summed E-state index contributed by atoms with van der Waals surface area (Å²) in [6.07, 6.45) is 1.20. The van der Waals surface area contributed by atoms with Crippen LogP contribution in [0.4, 0.5) is 5.69 Å². The van der Waals surface area contributed by atoms with E-state index >= 15 is 0 Å². The van der Waals surface area contributed by atoms with Crippen LogP contribution in [0.15, 0.2) is 30.3 Å². The number of hydrogen-bond acceptors (Lipinski definition) is 5. The molecule has 6 heteroatoms. The summed E-state index contributed by atoms with van der Waals surface area (Å²) in [5, 5.41) is 3.23. The first-order valence-corrected chi connectivity index (χ1v) is 8.21. The van der Waals surface area contributed by atoms with E-state index in [1.54, 1.807) is 12.1 Å². The van der Waals surface area contributed by atoms with Gasteiger partial charge in [0, 0.05) is 13.1 Å². The van der Waals surface area contributed by atoms with Gasteiger partial charge in [-0.3, -0.25) is 14.5 Å². The molecule has 6 nitrogen and oxygen atoms in total. The minimum absolute atomic E-state index is 0.133. The molecule has 2 aliphatic rings. The normalized spacial score (nSPS) is 22.8. The molecule has 0 spiro atoms. The zero-order valence-electron chi connectivity index (χ0n) is 13.2. The van der Waals surface area contributed by atoms with Crippen molar-refractivity contribution in [1.82, 2.24) is 10.2 Å². The maximum Gasteiger partial charge on any atom is 0.251 e. The van der Waals surface area contributed by atoms with Gasteiger partial charge in [0.25, 0.3) is 5.91 Å². The van der Waals surface area contributed by atoms with Gasteiger partial charge >= 0.3 is 0 Å². The lowest BCUT2D eigenvalue weighted by Crippen LogP contribution is -2.41. The van der Waals surface area contributed by atoms with Crippen LogP contribution in [-0.2, 0) is 14.3 Å². The highest BCUT2D eigenvalue weighted by Gasteiger charge is 2.38. The minimum Gasteiger partial charge on any atom is -0.379 e. The Hall–Kier alpha value is -1.76. The molecule has 3 rings (SSSR count). The predicted octanol–water partition coefficient (Wildman–Crippen LogP) is 0.630. The Morgan fingerprint density at radius 3 is 2.61 bits per heavy atom. The summed E-state index contributed by atoms with van der Waals surface area (Å²) in [6.45, 7) is 5.28. The van der Waals surface area contributed by atoms with Crippen molar-refractivity contribution in [2.75, 3.05) is 44.3 Å². The molecule has 2 fully saturated rings. The van der Waals surface area contributed by atoms with E-state index in [1.807, 2.05) is 18.2 Å². The average Bonchev–Trinajstić information content (AvgIpc) is 2.87. The number of para-hydroxylation sites is 1. The van der Waals surface area contributed by atoms with Crippen molar-refractivity contribution in [2.45, 2.75) is 18.9 Å². The maximum absolute atomic E-state index is 12.4. The van der Waals surface area contributed by atoms with Gasteiger partial charge in [-0.25, -0.2) is 4.90 Å². The van der Waals surface area contributed by atoms with Gasteiger partial charge in [-0.1, -0.05) is 18.2 Å². The van der Waals surface area contributed by atoms with Gasteiger partial charge in [-0.2, -0.15) is 0 Å². The van der Waals surface area contributed by atoms with Crippen molar-refractivity contribution >= 4 is 17.5 Å². The van der Waals surface area contributed by atoms with Crippen molar-refractivity contribution in [2.24, 2.45) is 0 Å².